The predicted octanol–water partition coefficient (Wildman–Crippen LogP) is -1.08. The van der Waals surface area contributed by atoms with Gasteiger partial charge >= 0.3 is 0 Å². The van der Waals surface area contributed by atoms with Crippen LogP contribution >= 0.6 is 0 Å². The lowest BCUT2D eigenvalue weighted by Crippen LogP contribution is -2.65. The van der Waals surface area contributed by atoms with Gasteiger partial charge in [0.2, 0.25) is 0 Å². The first-order valence-electron chi connectivity index (χ1n) is 6.66. The number of rotatable bonds is 4. The van der Waals surface area contributed by atoms with Crippen LogP contribution in [0.25, 0.3) is 0 Å². The normalized spacial score (nSPS) is 42.7. The maximum atomic E-state index is 10.1. The van der Waals surface area contributed by atoms with Crippen LogP contribution in [0.5, 0.6) is 0 Å². The van der Waals surface area contributed by atoms with Crippen LogP contribution in [0.15, 0.2) is 0 Å². The van der Waals surface area contributed by atoms with Crippen LogP contribution in [0.1, 0.15) is 26.2 Å². The third-order valence-corrected chi connectivity index (χ3v) is 4.01. The van der Waals surface area contributed by atoms with E-state index in [1.54, 1.807) is 0 Å². The first-order chi connectivity index (χ1) is 8.15. The minimum atomic E-state index is -0.847. The smallest absolute Gasteiger partial charge is 0.0994 e. The molecule has 4 N–H and O–H groups in total. The fourth-order valence-corrected chi connectivity index (χ4v) is 2.97. The van der Waals surface area contributed by atoms with Crippen molar-refractivity contribution in [2.24, 2.45) is 0 Å². The van der Waals surface area contributed by atoms with Gasteiger partial charge in [-0.3, -0.25) is 4.90 Å². The van der Waals surface area contributed by atoms with Gasteiger partial charge in [0, 0.05) is 19.1 Å². The van der Waals surface area contributed by atoms with Gasteiger partial charge < -0.3 is 20.6 Å². The molecule has 2 heterocycles. The van der Waals surface area contributed by atoms with E-state index in [1.807, 2.05) is 0 Å². The summed E-state index contributed by atoms with van der Waals surface area (Å²) in [4.78, 5) is 2.09. The van der Waals surface area contributed by atoms with E-state index in [0.717, 1.165) is 25.9 Å². The predicted molar refractivity (Wildman–Crippen MR) is 64.7 cm³/mol. The van der Waals surface area contributed by atoms with Crippen molar-refractivity contribution in [3.05, 3.63) is 0 Å². The maximum Gasteiger partial charge on any atom is 0.0994 e. The average molecular weight is 244 g/mol. The quantitative estimate of drug-likeness (QED) is 0.473. The number of fused-ring (bicyclic) bond motifs is 1. The van der Waals surface area contributed by atoms with E-state index in [2.05, 4.69) is 17.1 Å². The molecule has 0 spiro atoms. The average Bonchev–Trinajstić information content (AvgIpc) is 2.67. The van der Waals surface area contributed by atoms with Crippen molar-refractivity contribution in [1.29, 1.82) is 0 Å². The zero-order chi connectivity index (χ0) is 12.4. The topological polar surface area (TPSA) is 76.0 Å². The second kappa shape index (κ2) is 5.63. The van der Waals surface area contributed by atoms with Gasteiger partial charge in [-0.2, -0.15) is 0 Å². The number of aliphatic hydroxyl groups is 3. The van der Waals surface area contributed by atoms with Crippen LogP contribution in [0.2, 0.25) is 0 Å². The number of nitrogens with one attached hydrogen (secondary N) is 1. The molecule has 0 bridgehead atoms. The summed E-state index contributed by atoms with van der Waals surface area (Å²) in [7, 11) is 0. The van der Waals surface area contributed by atoms with Crippen molar-refractivity contribution in [2.45, 2.75) is 56.6 Å². The lowest BCUT2D eigenvalue weighted by atomic mass is 9.91. The fraction of sp³-hybridized carbons (Fsp3) is 1.00. The number of unbranched alkanes of at least 4 members (excludes halogenated alkanes) is 1. The van der Waals surface area contributed by atoms with Crippen molar-refractivity contribution in [3.63, 3.8) is 0 Å². The van der Waals surface area contributed by atoms with Crippen molar-refractivity contribution < 1.29 is 15.3 Å². The van der Waals surface area contributed by atoms with E-state index in [4.69, 9.17) is 0 Å². The summed E-state index contributed by atoms with van der Waals surface area (Å²) in [6, 6.07) is -0.368. The van der Waals surface area contributed by atoms with Crippen LogP contribution in [0.4, 0.5) is 0 Å². The lowest BCUT2D eigenvalue weighted by molar-refractivity contribution is -0.101. The monoisotopic (exact) mass is 244 g/mol. The number of nitrogens with zero attached hydrogens (tertiary/aromatic N) is 1. The third-order valence-electron chi connectivity index (χ3n) is 4.01. The summed E-state index contributed by atoms with van der Waals surface area (Å²) in [5.41, 5.74) is 0. The highest BCUT2D eigenvalue weighted by atomic mass is 16.3. The Balaban J connectivity index is 1.93. The number of hydrogen-bond acceptors (Lipinski definition) is 5. The van der Waals surface area contributed by atoms with Crippen LogP contribution in [0, 0.1) is 0 Å². The standard InChI is InChI=1S/C12H24N2O3/c1-2-3-5-13-8-7-14-6-4-9(15)10(14)12(17)11(8)16/h8-13,15-17H,2-7H2,1H3/t8?,9?,10-,11-,12-/m1/s1. The molecule has 0 amide bonds. The van der Waals surface area contributed by atoms with Gasteiger partial charge in [-0.1, -0.05) is 13.3 Å². The Hall–Kier alpha value is -0.200. The second-order valence-corrected chi connectivity index (χ2v) is 5.24. The Morgan fingerprint density at radius 2 is 2.00 bits per heavy atom. The maximum absolute atomic E-state index is 10.1. The number of piperidine rings is 1. The first-order valence-corrected chi connectivity index (χ1v) is 6.66. The second-order valence-electron chi connectivity index (χ2n) is 5.24. The highest BCUT2D eigenvalue weighted by Crippen LogP contribution is 2.28. The van der Waals surface area contributed by atoms with E-state index < -0.39 is 18.3 Å². The number of hydrogen-bond donors (Lipinski definition) is 4. The van der Waals surface area contributed by atoms with Crippen molar-refractivity contribution >= 4 is 0 Å². The molecule has 5 heteroatoms. The molecule has 2 fully saturated rings. The summed E-state index contributed by atoms with van der Waals surface area (Å²) in [5, 5.41) is 33.2. The lowest BCUT2D eigenvalue weighted by Gasteiger charge is -2.43. The molecule has 0 aromatic rings. The van der Waals surface area contributed by atoms with Crippen LogP contribution in [-0.2, 0) is 0 Å². The molecule has 2 aliphatic rings. The summed E-state index contributed by atoms with van der Waals surface area (Å²) in [6.07, 6.45) is 0.753. The Morgan fingerprint density at radius 3 is 2.71 bits per heavy atom. The Labute approximate surface area is 102 Å². The van der Waals surface area contributed by atoms with Crippen molar-refractivity contribution in [1.82, 2.24) is 10.2 Å². The molecule has 2 saturated heterocycles. The molecule has 5 atom stereocenters. The van der Waals surface area contributed by atoms with Gasteiger partial charge in [-0.15, -0.1) is 0 Å². The van der Waals surface area contributed by atoms with Gasteiger partial charge in [-0.25, -0.2) is 0 Å². The molecule has 100 valence electrons. The molecule has 0 aromatic carbocycles. The summed E-state index contributed by atoms with van der Waals surface area (Å²) in [5.74, 6) is 0. The Morgan fingerprint density at radius 1 is 1.24 bits per heavy atom. The minimum absolute atomic E-state index is 0.0851. The van der Waals surface area contributed by atoms with Gasteiger partial charge in [0.15, 0.2) is 0 Å². The molecular formula is C12H24N2O3. The number of aliphatic hydroxyl groups excluding tert-OH is 3. The van der Waals surface area contributed by atoms with E-state index in [0.29, 0.717) is 13.0 Å². The molecule has 0 aromatic heterocycles. The third kappa shape index (κ3) is 2.63. The molecule has 5 nitrogen and oxygen atoms in total. The molecule has 17 heavy (non-hydrogen) atoms. The molecule has 0 aliphatic carbocycles. The largest absolute Gasteiger partial charge is 0.391 e. The molecule has 0 radical (unpaired) electrons. The molecule has 0 saturated carbocycles. The summed E-state index contributed by atoms with van der Waals surface area (Å²) < 4.78 is 0. The minimum Gasteiger partial charge on any atom is -0.391 e. The zero-order valence-corrected chi connectivity index (χ0v) is 10.4. The van der Waals surface area contributed by atoms with E-state index in [1.165, 1.54) is 0 Å². The highest BCUT2D eigenvalue weighted by Gasteiger charge is 2.47. The van der Waals surface area contributed by atoms with Crippen LogP contribution in [-0.4, -0.2) is 70.2 Å². The molecule has 2 aliphatic heterocycles. The van der Waals surface area contributed by atoms with Crippen molar-refractivity contribution in [3.8, 4) is 0 Å². The Bertz CT molecular complexity index is 252. The van der Waals surface area contributed by atoms with Gasteiger partial charge in [0.25, 0.3) is 0 Å². The highest BCUT2D eigenvalue weighted by molar-refractivity contribution is 5.03. The zero-order valence-electron chi connectivity index (χ0n) is 10.4. The van der Waals surface area contributed by atoms with Crippen molar-refractivity contribution in [2.75, 3.05) is 19.6 Å². The van der Waals surface area contributed by atoms with Gasteiger partial charge in [0.05, 0.1) is 24.4 Å². The summed E-state index contributed by atoms with van der Waals surface area (Å²) in [6.45, 7) is 4.51. The van der Waals surface area contributed by atoms with E-state index in [-0.39, 0.29) is 12.1 Å². The molecule has 2 rings (SSSR count). The Kier molecular flexibility index (Phi) is 4.38. The SMILES string of the molecule is CCCCNC1CN2CCC(O)[C@@H]2[C@@H](O)[C@@H]1O. The van der Waals surface area contributed by atoms with Crippen LogP contribution < -0.4 is 5.32 Å². The first kappa shape index (κ1) is 13.2. The van der Waals surface area contributed by atoms with Gasteiger partial charge in [0.1, 0.15) is 0 Å². The van der Waals surface area contributed by atoms with E-state index >= 15 is 0 Å². The van der Waals surface area contributed by atoms with Gasteiger partial charge in [-0.05, 0) is 19.4 Å². The summed E-state index contributed by atoms with van der Waals surface area (Å²) >= 11 is 0. The van der Waals surface area contributed by atoms with Crippen LogP contribution in [0.3, 0.4) is 0 Å². The van der Waals surface area contributed by atoms with E-state index in [9.17, 15) is 15.3 Å². The molecular weight excluding hydrogens is 220 g/mol. The fourth-order valence-electron chi connectivity index (χ4n) is 2.97. The molecule has 2 unspecified atom stereocenters.